The first-order chi connectivity index (χ1) is 11.8. The van der Waals surface area contributed by atoms with E-state index in [0.717, 1.165) is 50.5 Å². The number of amides is 1. The molecule has 1 aromatic heterocycles. The minimum Gasteiger partial charge on any atom is -0.371 e. The predicted molar refractivity (Wildman–Crippen MR) is 97.5 cm³/mol. The molecule has 1 amide bonds. The first-order valence-electron chi connectivity index (χ1n) is 8.53. The van der Waals surface area contributed by atoms with Crippen molar-refractivity contribution in [1.29, 1.82) is 0 Å². The Labute approximate surface area is 147 Å². The summed E-state index contributed by atoms with van der Waals surface area (Å²) < 4.78 is 5.90. The molecule has 0 radical (unpaired) electrons. The van der Waals surface area contributed by atoms with Crippen molar-refractivity contribution in [3.05, 3.63) is 58.3 Å². The van der Waals surface area contributed by atoms with Crippen molar-refractivity contribution in [2.75, 3.05) is 32.8 Å². The molecule has 2 heterocycles. The van der Waals surface area contributed by atoms with E-state index in [1.807, 2.05) is 23.6 Å². The highest BCUT2D eigenvalue weighted by Crippen LogP contribution is 2.21. The number of benzene rings is 1. The molecule has 128 valence electrons. The SMILES string of the molecule is O=C(NCCCCN1CCOC(c2ccccc2)C1)c1cccs1. The Hall–Kier alpha value is -1.69. The third kappa shape index (κ3) is 4.90. The highest BCUT2D eigenvalue weighted by atomic mass is 32.1. The quantitative estimate of drug-likeness (QED) is 0.784. The van der Waals surface area contributed by atoms with Gasteiger partial charge in [0.05, 0.1) is 17.6 Å². The third-order valence-corrected chi connectivity index (χ3v) is 5.12. The maximum Gasteiger partial charge on any atom is 0.261 e. The Balaban J connectivity index is 1.34. The predicted octanol–water partition coefficient (Wildman–Crippen LogP) is 3.33. The third-order valence-electron chi connectivity index (χ3n) is 4.25. The molecule has 1 aliphatic rings. The van der Waals surface area contributed by atoms with Gasteiger partial charge in [-0.15, -0.1) is 11.3 Å². The van der Waals surface area contributed by atoms with Crippen LogP contribution < -0.4 is 5.32 Å². The number of ether oxygens (including phenoxy) is 1. The molecule has 1 N–H and O–H groups in total. The second-order valence-electron chi connectivity index (χ2n) is 6.01. The van der Waals surface area contributed by atoms with E-state index in [2.05, 4.69) is 34.5 Å². The molecule has 0 saturated carbocycles. The summed E-state index contributed by atoms with van der Waals surface area (Å²) in [7, 11) is 0. The van der Waals surface area contributed by atoms with Gasteiger partial charge in [-0.2, -0.15) is 0 Å². The van der Waals surface area contributed by atoms with Crippen LogP contribution >= 0.6 is 11.3 Å². The molecule has 5 heteroatoms. The summed E-state index contributed by atoms with van der Waals surface area (Å²) in [5, 5.41) is 4.91. The van der Waals surface area contributed by atoms with Gasteiger partial charge in [0.25, 0.3) is 5.91 Å². The van der Waals surface area contributed by atoms with Crippen molar-refractivity contribution in [2.45, 2.75) is 18.9 Å². The molecule has 0 aliphatic carbocycles. The summed E-state index contributed by atoms with van der Waals surface area (Å²) in [5.74, 6) is 0.0421. The number of rotatable bonds is 7. The highest BCUT2D eigenvalue weighted by molar-refractivity contribution is 7.12. The summed E-state index contributed by atoms with van der Waals surface area (Å²) in [5.41, 5.74) is 1.26. The Kier molecular flexibility index (Phi) is 6.41. The van der Waals surface area contributed by atoms with Crippen LogP contribution in [0.5, 0.6) is 0 Å². The lowest BCUT2D eigenvalue weighted by Gasteiger charge is -2.33. The number of unbranched alkanes of at least 4 members (excludes halogenated alkanes) is 1. The molecule has 1 aromatic carbocycles. The van der Waals surface area contributed by atoms with Crippen molar-refractivity contribution < 1.29 is 9.53 Å². The van der Waals surface area contributed by atoms with E-state index in [9.17, 15) is 4.79 Å². The first-order valence-corrected chi connectivity index (χ1v) is 9.41. The molecule has 3 rings (SSSR count). The molecule has 1 aliphatic heterocycles. The highest BCUT2D eigenvalue weighted by Gasteiger charge is 2.21. The summed E-state index contributed by atoms with van der Waals surface area (Å²) in [6, 6.07) is 14.2. The lowest BCUT2D eigenvalue weighted by Crippen LogP contribution is -2.39. The van der Waals surface area contributed by atoms with Gasteiger partial charge in [0.15, 0.2) is 0 Å². The molecule has 1 saturated heterocycles. The first kappa shape index (κ1) is 17.1. The average Bonchev–Trinajstić information content (AvgIpc) is 3.17. The van der Waals surface area contributed by atoms with Gasteiger partial charge in [0.2, 0.25) is 0 Å². The van der Waals surface area contributed by atoms with Crippen molar-refractivity contribution >= 4 is 17.2 Å². The number of nitrogens with zero attached hydrogens (tertiary/aromatic N) is 1. The number of thiophene rings is 1. The second kappa shape index (κ2) is 8.97. The van der Waals surface area contributed by atoms with E-state index in [0.29, 0.717) is 0 Å². The van der Waals surface area contributed by atoms with Gasteiger partial charge in [0, 0.05) is 19.6 Å². The fourth-order valence-corrected chi connectivity index (χ4v) is 3.57. The monoisotopic (exact) mass is 344 g/mol. The van der Waals surface area contributed by atoms with Crippen molar-refractivity contribution in [3.63, 3.8) is 0 Å². The van der Waals surface area contributed by atoms with E-state index in [4.69, 9.17) is 4.74 Å². The van der Waals surface area contributed by atoms with Gasteiger partial charge in [-0.1, -0.05) is 36.4 Å². The standard InChI is InChI=1S/C19H24N2O2S/c22-19(18-9-6-14-24-18)20-10-4-5-11-21-12-13-23-17(15-21)16-7-2-1-3-8-16/h1-3,6-9,14,17H,4-5,10-13,15H2,(H,20,22). The van der Waals surface area contributed by atoms with Crippen LogP contribution in [0.2, 0.25) is 0 Å². The van der Waals surface area contributed by atoms with Crippen LogP contribution in [0.25, 0.3) is 0 Å². The molecule has 2 aromatic rings. The minimum absolute atomic E-state index is 0.0421. The molecule has 1 unspecified atom stereocenters. The Morgan fingerprint density at radius 1 is 1.21 bits per heavy atom. The van der Waals surface area contributed by atoms with Crippen LogP contribution in [0.3, 0.4) is 0 Å². The maximum absolute atomic E-state index is 11.8. The van der Waals surface area contributed by atoms with Crippen LogP contribution in [-0.2, 0) is 4.74 Å². The molecule has 1 fully saturated rings. The maximum atomic E-state index is 11.8. The fourth-order valence-electron chi connectivity index (χ4n) is 2.93. The van der Waals surface area contributed by atoms with Crippen LogP contribution in [-0.4, -0.2) is 43.6 Å². The zero-order valence-corrected chi connectivity index (χ0v) is 14.6. The van der Waals surface area contributed by atoms with Crippen LogP contribution in [0, 0.1) is 0 Å². The number of morpholine rings is 1. The molecule has 1 atom stereocenters. The molecule has 0 spiro atoms. The fraction of sp³-hybridized carbons (Fsp3) is 0.421. The van der Waals surface area contributed by atoms with E-state index in [-0.39, 0.29) is 12.0 Å². The van der Waals surface area contributed by atoms with Crippen molar-refractivity contribution in [3.8, 4) is 0 Å². The van der Waals surface area contributed by atoms with Crippen LogP contribution in [0.15, 0.2) is 47.8 Å². The summed E-state index contributed by atoms with van der Waals surface area (Å²) >= 11 is 1.48. The zero-order valence-electron chi connectivity index (χ0n) is 13.8. The van der Waals surface area contributed by atoms with Gasteiger partial charge in [-0.25, -0.2) is 0 Å². The lowest BCUT2D eigenvalue weighted by atomic mass is 10.1. The van der Waals surface area contributed by atoms with Crippen molar-refractivity contribution in [1.82, 2.24) is 10.2 Å². The Bertz CT molecular complexity index is 616. The van der Waals surface area contributed by atoms with E-state index in [1.165, 1.54) is 16.9 Å². The summed E-state index contributed by atoms with van der Waals surface area (Å²) in [4.78, 5) is 15.1. The smallest absolute Gasteiger partial charge is 0.261 e. The van der Waals surface area contributed by atoms with Gasteiger partial charge in [-0.3, -0.25) is 9.69 Å². The second-order valence-corrected chi connectivity index (χ2v) is 6.96. The Morgan fingerprint density at radius 2 is 2.08 bits per heavy atom. The van der Waals surface area contributed by atoms with E-state index >= 15 is 0 Å². The van der Waals surface area contributed by atoms with Crippen LogP contribution in [0.4, 0.5) is 0 Å². The number of carbonyl (C=O) groups is 1. The molecule has 0 bridgehead atoms. The number of hydrogen-bond donors (Lipinski definition) is 1. The van der Waals surface area contributed by atoms with Gasteiger partial charge >= 0.3 is 0 Å². The molecular weight excluding hydrogens is 320 g/mol. The number of carbonyl (C=O) groups excluding carboxylic acids is 1. The van der Waals surface area contributed by atoms with E-state index < -0.39 is 0 Å². The molecule has 4 nitrogen and oxygen atoms in total. The molecular formula is C19H24N2O2S. The summed E-state index contributed by atoms with van der Waals surface area (Å²) in [6.45, 7) is 4.52. The van der Waals surface area contributed by atoms with Crippen LogP contribution in [0.1, 0.15) is 34.2 Å². The largest absolute Gasteiger partial charge is 0.371 e. The zero-order chi connectivity index (χ0) is 16.6. The normalized spacial score (nSPS) is 18.4. The van der Waals surface area contributed by atoms with E-state index in [1.54, 1.807) is 0 Å². The average molecular weight is 344 g/mol. The van der Waals surface area contributed by atoms with Gasteiger partial charge in [-0.05, 0) is 36.4 Å². The minimum atomic E-state index is 0.0421. The topological polar surface area (TPSA) is 41.6 Å². The summed E-state index contributed by atoms with van der Waals surface area (Å²) in [6.07, 6.45) is 2.27. The van der Waals surface area contributed by atoms with Gasteiger partial charge in [0.1, 0.15) is 0 Å². The molecule has 24 heavy (non-hydrogen) atoms. The van der Waals surface area contributed by atoms with Gasteiger partial charge < -0.3 is 10.1 Å². The Morgan fingerprint density at radius 3 is 2.88 bits per heavy atom. The van der Waals surface area contributed by atoms with Crippen molar-refractivity contribution in [2.24, 2.45) is 0 Å². The number of hydrogen-bond acceptors (Lipinski definition) is 4. The number of nitrogens with one attached hydrogen (secondary N) is 1. The lowest BCUT2D eigenvalue weighted by molar-refractivity contribution is -0.0303.